The van der Waals surface area contributed by atoms with Crippen LogP contribution in [0.2, 0.25) is 0 Å². The predicted molar refractivity (Wildman–Crippen MR) is 43.8 cm³/mol. The van der Waals surface area contributed by atoms with Crippen LogP contribution in [0.1, 0.15) is 13.3 Å². The quantitative estimate of drug-likeness (QED) is 0.651. The van der Waals surface area contributed by atoms with Gasteiger partial charge < -0.3 is 5.32 Å². The molecule has 0 aromatic carbocycles. The number of hydrogen-bond acceptors (Lipinski definition) is 3. The number of rotatable bonds is 2. The minimum Gasteiger partial charge on any atom is -0.370 e. The standard InChI is InChI=1S/C7H11NOS/c1-3-7(9)6-4-10-5(2)8-6/h6,8H,2-4H2,1H3. The summed E-state index contributed by atoms with van der Waals surface area (Å²) in [7, 11) is 0. The summed E-state index contributed by atoms with van der Waals surface area (Å²) in [5.41, 5.74) is 0. The van der Waals surface area contributed by atoms with Crippen molar-refractivity contribution in [2.75, 3.05) is 5.75 Å². The Balaban J connectivity index is 2.44. The molecule has 56 valence electrons. The molecule has 1 fully saturated rings. The summed E-state index contributed by atoms with van der Waals surface area (Å²) in [6, 6.07) is 0.0301. The van der Waals surface area contributed by atoms with E-state index < -0.39 is 0 Å². The third-order valence-corrected chi connectivity index (χ3v) is 2.46. The smallest absolute Gasteiger partial charge is 0.155 e. The predicted octanol–water partition coefficient (Wildman–Crippen LogP) is 1.14. The zero-order valence-corrected chi connectivity index (χ0v) is 6.83. The summed E-state index contributed by atoms with van der Waals surface area (Å²) in [4.78, 5) is 11.0. The molecule has 1 N–H and O–H groups in total. The van der Waals surface area contributed by atoms with Crippen LogP contribution in [0.25, 0.3) is 0 Å². The number of carbonyl (C=O) groups excluding carboxylic acids is 1. The maximum absolute atomic E-state index is 11.0. The van der Waals surface area contributed by atoms with E-state index in [0.717, 1.165) is 10.8 Å². The van der Waals surface area contributed by atoms with Crippen molar-refractivity contribution in [1.29, 1.82) is 0 Å². The lowest BCUT2D eigenvalue weighted by molar-refractivity contribution is -0.119. The summed E-state index contributed by atoms with van der Waals surface area (Å²) in [6.07, 6.45) is 0.617. The Morgan fingerprint density at radius 1 is 2.00 bits per heavy atom. The van der Waals surface area contributed by atoms with Crippen LogP contribution < -0.4 is 5.32 Å². The molecule has 0 aliphatic carbocycles. The molecule has 1 heterocycles. The van der Waals surface area contributed by atoms with Gasteiger partial charge in [-0.3, -0.25) is 4.79 Å². The van der Waals surface area contributed by atoms with Crippen molar-refractivity contribution in [2.24, 2.45) is 0 Å². The van der Waals surface area contributed by atoms with Crippen molar-refractivity contribution >= 4 is 17.5 Å². The van der Waals surface area contributed by atoms with Gasteiger partial charge in [0.15, 0.2) is 5.78 Å². The SMILES string of the molecule is C=C1NC(C(=O)CC)CS1. The molecule has 1 aliphatic heterocycles. The first-order chi connectivity index (χ1) is 4.74. The van der Waals surface area contributed by atoms with Gasteiger partial charge in [0.25, 0.3) is 0 Å². The van der Waals surface area contributed by atoms with Crippen LogP contribution in [-0.2, 0) is 4.79 Å². The number of hydrogen-bond donors (Lipinski definition) is 1. The zero-order chi connectivity index (χ0) is 7.56. The molecule has 0 aromatic rings. The number of Topliss-reactive ketones (excluding diaryl/α,β-unsaturated/α-hetero) is 1. The van der Waals surface area contributed by atoms with Gasteiger partial charge in [0.2, 0.25) is 0 Å². The fraction of sp³-hybridized carbons (Fsp3) is 0.571. The van der Waals surface area contributed by atoms with Gasteiger partial charge in [0.1, 0.15) is 0 Å². The maximum atomic E-state index is 11.0. The molecular formula is C7H11NOS. The largest absolute Gasteiger partial charge is 0.370 e. The summed E-state index contributed by atoms with van der Waals surface area (Å²) >= 11 is 1.62. The highest BCUT2D eigenvalue weighted by Crippen LogP contribution is 2.20. The second kappa shape index (κ2) is 3.10. The van der Waals surface area contributed by atoms with E-state index in [9.17, 15) is 4.79 Å². The van der Waals surface area contributed by atoms with E-state index >= 15 is 0 Å². The fourth-order valence-electron chi connectivity index (χ4n) is 0.881. The molecule has 1 unspecified atom stereocenters. The van der Waals surface area contributed by atoms with Crippen molar-refractivity contribution < 1.29 is 4.79 Å². The highest BCUT2D eigenvalue weighted by atomic mass is 32.2. The van der Waals surface area contributed by atoms with E-state index in [1.807, 2.05) is 6.92 Å². The van der Waals surface area contributed by atoms with Gasteiger partial charge in [-0.1, -0.05) is 13.5 Å². The first kappa shape index (κ1) is 7.66. The topological polar surface area (TPSA) is 29.1 Å². The van der Waals surface area contributed by atoms with Gasteiger partial charge in [0, 0.05) is 12.2 Å². The van der Waals surface area contributed by atoms with E-state index in [4.69, 9.17) is 0 Å². The lowest BCUT2D eigenvalue weighted by Gasteiger charge is -2.05. The molecule has 0 radical (unpaired) electrons. The first-order valence-corrected chi connectivity index (χ1v) is 4.33. The lowest BCUT2D eigenvalue weighted by atomic mass is 10.2. The molecule has 1 atom stereocenters. The molecule has 0 bridgehead atoms. The van der Waals surface area contributed by atoms with Crippen molar-refractivity contribution in [1.82, 2.24) is 5.32 Å². The molecule has 10 heavy (non-hydrogen) atoms. The van der Waals surface area contributed by atoms with Crippen molar-refractivity contribution in [3.63, 3.8) is 0 Å². The van der Waals surface area contributed by atoms with Gasteiger partial charge in [-0.15, -0.1) is 11.8 Å². The first-order valence-electron chi connectivity index (χ1n) is 3.35. The summed E-state index contributed by atoms with van der Waals surface area (Å²) in [5.74, 6) is 1.14. The Morgan fingerprint density at radius 3 is 3.10 bits per heavy atom. The highest BCUT2D eigenvalue weighted by Gasteiger charge is 2.22. The molecule has 3 heteroatoms. The van der Waals surface area contributed by atoms with Crippen LogP contribution in [-0.4, -0.2) is 17.6 Å². The van der Waals surface area contributed by atoms with Crippen molar-refractivity contribution in [3.05, 3.63) is 11.6 Å². The molecular weight excluding hydrogens is 146 g/mol. The molecule has 0 saturated carbocycles. The van der Waals surface area contributed by atoms with Gasteiger partial charge in [-0.05, 0) is 0 Å². The molecule has 2 nitrogen and oxygen atoms in total. The Hall–Kier alpha value is -0.440. The molecule has 0 amide bonds. The molecule has 0 spiro atoms. The number of thioether (sulfide) groups is 1. The second-order valence-corrected chi connectivity index (χ2v) is 3.37. The van der Waals surface area contributed by atoms with Gasteiger partial charge in [-0.2, -0.15) is 0 Å². The summed E-state index contributed by atoms with van der Waals surface area (Å²) in [5, 5.41) is 3.95. The molecule has 0 aromatic heterocycles. The fourth-order valence-corrected chi connectivity index (χ4v) is 1.74. The lowest BCUT2D eigenvalue weighted by Crippen LogP contribution is -2.31. The van der Waals surface area contributed by atoms with Crippen molar-refractivity contribution in [2.45, 2.75) is 19.4 Å². The van der Waals surface area contributed by atoms with E-state index in [-0.39, 0.29) is 11.8 Å². The maximum Gasteiger partial charge on any atom is 0.155 e. The summed E-state index contributed by atoms with van der Waals surface area (Å²) < 4.78 is 0. The Labute approximate surface area is 65.1 Å². The molecule has 1 saturated heterocycles. The average Bonchev–Trinajstić information content (AvgIpc) is 2.34. The Morgan fingerprint density at radius 2 is 2.70 bits per heavy atom. The van der Waals surface area contributed by atoms with E-state index in [1.54, 1.807) is 11.8 Å². The Bertz CT molecular complexity index is 167. The zero-order valence-electron chi connectivity index (χ0n) is 6.02. The van der Waals surface area contributed by atoms with Crippen LogP contribution in [0.5, 0.6) is 0 Å². The highest BCUT2D eigenvalue weighted by molar-refractivity contribution is 8.03. The van der Waals surface area contributed by atoms with E-state index in [2.05, 4.69) is 11.9 Å². The average molecular weight is 157 g/mol. The second-order valence-electron chi connectivity index (χ2n) is 2.25. The van der Waals surface area contributed by atoms with Crippen LogP contribution in [0.15, 0.2) is 11.6 Å². The van der Waals surface area contributed by atoms with E-state index in [1.165, 1.54) is 0 Å². The monoisotopic (exact) mass is 157 g/mol. The van der Waals surface area contributed by atoms with Crippen molar-refractivity contribution in [3.8, 4) is 0 Å². The molecule has 1 aliphatic rings. The third-order valence-electron chi connectivity index (χ3n) is 1.50. The van der Waals surface area contributed by atoms with Crippen LogP contribution in [0, 0.1) is 0 Å². The van der Waals surface area contributed by atoms with Crippen LogP contribution in [0.3, 0.4) is 0 Å². The summed E-state index contributed by atoms with van der Waals surface area (Å²) in [6.45, 7) is 5.61. The van der Waals surface area contributed by atoms with E-state index in [0.29, 0.717) is 6.42 Å². The van der Waals surface area contributed by atoms with Gasteiger partial charge >= 0.3 is 0 Å². The third kappa shape index (κ3) is 1.53. The van der Waals surface area contributed by atoms with Gasteiger partial charge in [-0.25, -0.2) is 0 Å². The van der Waals surface area contributed by atoms with Crippen LogP contribution >= 0.6 is 11.8 Å². The van der Waals surface area contributed by atoms with Gasteiger partial charge in [0.05, 0.1) is 11.1 Å². The minimum absolute atomic E-state index is 0.0301. The molecule has 1 rings (SSSR count). The number of ketones is 1. The van der Waals surface area contributed by atoms with Crippen LogP contribution in [0.4, 0.5) is 0 Å². The Kier molecular flexibility index (Phi) is 2.38. The number of carbonyl (C=O) groups is 1. The number of nitrogens with one attached hydrogen (secondary N) is 1. The normalized spacial score (nSPS) is 24.5. The minimum atomic E-state index is 0.0301.